The fourth-order valence-corrected chi connectivity index (χ4v) is 2.25. The van der Waals surface area contributed by atoms with Crippen LogP contribution in [-0.2, 0) is 5.60 Å². The standard InChI is InChI=1S/C14H20F3NO/c1-4-18(5-2)12-9-7-6-8-11(12)13(3,19)10-14(15,16)17/h6-9,19H,4-5,10H2,1-3H3. The predicted molar refractivity (Wildman–Crippen MR) is 70.2 cm³/mol. The lowest BCUT2D eigenvalue weighted by atomic mass is 9.90. The normalized spacial score (nSPS) is 15.1. The number of alkyl halides is 3. The summed E-state index contributed by atoms with van der Waals surface area (Å²) in [6.45, 7) is 6.42. The summed E-state index contributed by atoms with van der Waals surface area (Å²) >= 11 is 0. The second-order valence-corrected chi connectivity index (χ2v) is 4.76. The van der Waals surface area contributed by atoms with Gasteiger partial charge < -0.3 is 10.0 Å². The van der Waals surface area contributed by atoms with Crippen molar-refractivity contribution in [2.24, 2.45) is 0 Å². The predicted octanol–water partition coefficient (Wildman–Crippen LogP) is 3.69. The van der Waals surface area contributed by atoms with Gasteiger partial charge >= 0.3 is 6.18 Å². The molecule has 0 fully saturated rings. The van der Waals surface area contributed by atoms with Gasteiger partial charge in [-0.1, -0.05) is 18.2 Å². The molecular weight excluding hydrogens is 255 g/mol. The van der Waals surface area contributed by atoms with Crippen molar-refractivity contribution in [1.29, 1.82) is 0 Å². The molecule has 1 rings (SSSR count). The highest BCUT2D eigenvalue weighted by Crippen LogP contribution is 2.38. The van der Waals surface area contributed by atoms with Crippen molar-refractivity contribution in [2.45, 2.75) is 39.0 Å². The fraction of sp³-hybridized carbons (Fsp3) is 0.571. The molecule has 1 aromatic carbocycles. The molecule has 0 heterocycles. The van der Waals surface area contributed by atoms with E-state index in [2.05, 4.69) is 0 Å². The average Bonchev–Trinajstić information content (AvgIpc) is 2.28. The molecule has 1 aromatic rings. The van der Waals surface area contributed by atoms with Crippen LogP contribution in [0.25, 0.3) is 0 Å². The number of anilines is 1. The van der Waals surface area contributed by atoms with Crippen LogP contribution in [0.2, 0.25) is 0 Å². The van der Waals surface area contributed by atoms with Crippen molar-refractivity contribution in [3.8, 4) is 0 Å². The lowest BCUT2D eigenvalue weighted by molar-refractivity contribution is -0.174. The zero-order valence-corrected chi connectivity index (χ0v) is 11.5. The average molecular weight is 275 g/mol. The summed E-state index contributed by atoms with van der Waals surface area (Å²) in [5, 5.41) is 10.2. The number of aliphatic hydroxyl groups is 1. The highest BCUT2D eigenvalue weighted by molar-refractivity contribution is 5.55. The Kier molecular flexibility index (Phi) is 4.85. The third-order valence-electron chi connectivity index (χ3n) is 3.13. The van der Waals surface area contributed by atoms with Crippen molar-refractivity contribution in [3.05, 3.63) is 29.8 Å². The summed E-state index contributed by atoms with van der Waals surface area (Å²) in [5.41, 5.74) is -0.949. The summed E-state index contributed by atoms with van der Waals surface area (Å²) < 4.78 is 37.7. The van der Waals surface area contributed by atoms with Gasteiger partial charge in [0.2, 0.25) is 0 Å². The van der Waals surface area contributed by atoms with Crippen LogP contribution in [0.1, 0.15) is 32.8 Å². The summed E-state index contributed by atoms with van der Waals surface area (Å²) in [7, 11) is 0. The van der Waals surface area contributed by atoms with Crippen molar-refractivity contribution in [1.82, 2.24) is 0 Å². The largest absolute Gasteiger partial charge is 0.392 e. The van der Waals surface area contributed by atoms with Crippen LogP contribution in [0.4, 0.5) is 18.9 Å². The lowest BCUT2D eigenvalue weighted by Crippen LogP contribution is -2.32. The van der Waals surface area contributed by atoms with Gasteiger partial charge in [0.25, 0.3) is 0 Å². The van der Waals surface area contributed by atoms with Crippen LogP contribution in [0.15, 0.2) is 24.3 Å². The molecule has 1 N–H and O–H groups in total. The minimum atomic E-state index is -4.40. The van der Waals surface area contributed by atoms with Gasteiger partial charge in [0.15, 0.2) is 0 Å². The van der Waals surface area contributed by atoms with Crippen molar-refractivity contribution in [3.63, 3.8) is 0 Å². The molecular formula is C14H20F3NO. The molecule has 108 valence electrons. The van der Waals surface area contributed by atoms with E-state index in [-0.39, 0.29) is 0 Å². The Hall–Kier alpha value is -1.23. The van der Waals surface area contributed by atoms with Gasteiger partial charge in [0.05, 0.1) is 12.0 Å². The first kappa shape index (κ1) is 15.8. The zero-order chi connectivity index (χ0) is 14.7. The maximum Gasteiger partial charge on any atom is 0.392 e. The van der Waals surface area contributed by atoms with E-state index < -0.39 is 18.2 Å². The topological polar surface area (TPSA) is 23.5 Å². The Morgan fingerprint density at radius 2 is 1.63 bits per heavy atom. The highest BCUT2D eigenvalue weighted by atomic mass is 19.4. The molecule has 0 aliphatic rings. The number of nitrogens with zero attached hydrogens (tertiary/aromatic N) is 1. The Bertz CT molecular complexity index is 411. The van der Waals surface area contributed by atoms with Crippen molar-refractivity contribution < 1.29 is 18.3 Å². The molecule has 0 saturated heterocycles. The number of benzene rings is 1. The molecule has 0 bridgehead atoms. The third kappa shape index (κ3) is 4.13. The van der Waals surface area contributed by atoms with Gasteiger partial charge in [-0.3, -0.25) is 0 Å². The number of hydrogen-bond donors (Lipinski definition) is 1. The van der Waals surface area contributed by atoms with Crippen LogP contribution < -0.4 is 4.90 Å². The van der Waals surface area contributed by atoms with E-state index in [1.165, 1.54) is 6.92 Å². The fourth-order valence-electron chi connectivity index (χ4n) is 2.25. The Balaban J connectivity index is 3.19. The first-order valence-corrected chi connectivity index (χ1v) is 6.35. The number of para-hydroxylation sites is 1. The second-order valence-electron chi connectivity index (χ2n) is 4.76. The Morgan fingerprint density at radius 3 is 2.11 bits per heavy atom. The molecule has 0 aliphatic heterocycles. The number of hydrogen-bond acceptors (Lipinski definition) is 2. The Morgan fingerprint density at radius 1 is 1.11 bits per heavy atom. The molecule has 0 aliphatic carbocycles. The Labute approximate surface area is 111 Å². The van der Waals surface area contributed by atoms with Crippen LogP contribution in [0, 0.1) is 0 Å². The highest BCUT2D eigenvalue weighted by Gasteiger charge is 2.40. The van der Waals surface area contributed by atoms with Gasteiger partial charge in [0, 0.05) is 24.3 Å². The van der Waals surface area contributed by atoms with E-state index in [1.54, 1.807) is 24.3 Å². The van der Waals surface area contributed by atoms with E-state index in [9.17, 15) is 18.3 Å². The van der Waals surface area contributed by atoms with Crippen molar-refractivity contribution in [2.75, 3.05) is 18.0 Å². The second kappa shape index (κ2) is 5.82. The first-order chi connectivity index (χ1) is 8.71. The lowest BCUT2D eigenvalue weighted by Gasteiger charge is -2.32. The number of halogens is 3. The first-order valence-electron chi connectivity index (χ1n) is 6.35. The molecule has 2 nitrogen and oxygen atoms in total. The molecule has 19 heavy (non-hydrogen) atoms. The van der Waals surface area contributed by atoms with Crippen LogP contribution >= 0.6 is 0 Å². The molecule has 1 unspecified atom stereocenters. The zero-order valence-electron chi connectivity index (χ0n) is 11.5. The third-order valence-corrected chi connectivity index (χ3v) is 3.13. The summed E-state index contributed by atoms with van der Waals surface area (Å²) in [4.78, 5) is 1.93. The van der Waals surface area contributed by atoms with E-state index in [0.29, 0.717) is 24.3 Å². The maximum atomic E-state index is 12.6. The maximum absolute atomic E-state index is 12.6. The quantitative estimate of drug-likeness (QED) is 0.885. The van der Waals surface area contributed by atoms with Gasteiger partial charge in [-0.15, -0.1) is 0 Å². The summed E-state index contributed by atoms with van der Waals surface area (Å²) in [5.74, 6) is 0. The molecule has 0 aromatic heterocycles. The van der Waals surface area contributed by atoms with Gasteiger partial charge in [-0.05, 0) is 26.8 Å². The molecule has 5 heteroatoms. The molecule has 0 amide bonds. The van der Waals surface area contributed by atoms with Crippen molar-refractivity contribution >= 4 is 5.69 Å². The van der Waals surface area contributed by atoms with E-state index in [4.69, 9.17) is 0 Å². The molecule has 0 spiro atoms. The minimum absolute atomic E-state index is 0.316. The summed E-state index contributed by atoms with van der Waals surface area (Å²) in [6.07, 6.45) is -5.65. The van der Waals surface area contributed by atoms with Crippen LogP contribution in [-0.4, -0.2) is 24.4 Å². The summed E-state index contributed by atoms with van der Waals surface area (Å²) in [6, 6.07) is 6.71. The van der Waals surface area contributed by atoms with Gasteiger partial charge in [-0.2, -0.15) is 13.2 Å². The van der Waals surface area contributed by atoms with Gasteiger partial charge in [-0.25, -0.2) is 0 Å². The van der Waals surface area contributed by atoms with E-state index in [1.807, 2.05) is 18.7 Å². The number of rotatable bonds is 5. The SMILES string of the molecule is CCN(CC)c1ccccc1C(C)(O)CC(F)(F)F. The minimum Gasteiger partial charge on any atom is -0.385 e. The van der Waals surface area contributed by atoms with Gasteiger partial charge in [0.1, 0.15) is 0 Å². The van der Waals surface area contributed by atoms with Crippen LogP contribution in [0.5, 0.6) is 0 Å². The van der Waals surface area contributed by atoms with E-state index >= 15 is 0 Å². The van der Waals surface area contributed by atoms with Crippen LogP contribution in [0.3, 0.4) is 0 Å². The molecule has 0 saturated carbocycles. The monoisotopic (exact) mass is 275 g/mol. The molecule has 0 radical (unpaired) electrons. The van der Waals surface area contributed by atoms with E-state index in [0.717, 1.165) is 0 Å². The molecule has 1 atom stereocenters. The smallest absolute Gasteiger partial charge is 0.385 e.